The average molecular weight is 163 g/mol. The van der Waals surface area contributed by atoms with Crippen LogP contribution >= 0.6 is 0 Å². The molecule has 0 bridgehead atoms. The Balaban J connectivity index is 2.62. The second-order valence-electron chi connectivity index (χ2n) is 2.37. The molecule has 1 aliphatic rings. The van der Waals surface area contributed by atoms with Gasteiger partial charge in [-0.15, -0.1) is 0 Å². The summed E-state index contributed by atoms with van der Waals surface area (Å²) >= 11 is 0. The second-order valence-corrected chi connectivity index (χ2v) is 2.37. The van der Waals surface area contributed by atoms with Crippen LogP contribution in [0, 0.1) is 0 Å². The largest absolute Gasteiger partial charge is 0.323 e. The Labute approximate surface area is 70.5 Å². The molecule has 0 aromatic carbocycles. The van der Waals surface area contributed by atoms with E-state index in [0.29, 0.717) is 5.70 Å². The molecule has 62 valence electrons. The quantitative estimate of drug-likeness (QED) is 0.481. The Morgan fingerprint density at radius 1 is 1.33 bits per heavy atom. The standard InChI is InChI=1S/C9H9NO2/c1-2-3-4-5-7-6-8(11)9(12)10-7/h2-5H,1,6H2,(H,10,12)/b4-3-,7-5+. The monoisotopic (exact) mass is 163 g/mol. The maximum absolute atomic E-state index is 10.7. The van der Waals surface area contributed by atoms with Crippen LogP contribution in [0.2, 0.25) is 0 Å². The van der Waals surface area contributed by atoms with Gasteiger partial charge in [-0.2, -0.15) is 0 Å². The Morgan fingerprint density at radius 2 is 2.08 bits per heavy atom. The summed E-state index contributed by atoms with van der Waals surface area (Å²) in [6.07, 6.45) is 6.93. The van der Waals surface area contributed by atoms with Crippen LogP contribution in [0.1, 0.15) is 6.42 Å². The molecule has 0 spiro atoms. The Morgan fingerprint density at radius 3 is 2.58 bits per heavy atom. The maximum Gasteiger partial charge on any atom is 0.291 e. The Hall–Kier alpha value is -1.64. The molecule has 0 saturated carbocycles. The number of rotatable bonds is 2. The van der Waals surface area contributed by atoms with Crippen molar-refractivity contribution in [2.75, 3.05) is 0 Å². The summed E-state index contributed by atoms with van der Waals surface area (Å²) in [4.78, 5) is 21.4. The molecule has 1 fully saturated rings. The number of carbonyl (C=O) groups excluding carboxylic acids is 2. The smallest absolute Gasteiger partial charge is 0.291 e. The van der Waals surface area contributed by atoms with Crippen molar-refractivity contribution in [2.24, 2.45) is 0 Å². The summed E-state index contributed by atoms with van der Waals surface area (Å²) < 4.78 is 0. The van der Waals surface area contributed by atoms with Crippen LogP contribution in [0.4, 0.5) is 0 Å². The molecule has 0 aromatic rings. The third kappa shape index (κ3) is 1.92. The molecule has 0 radical (unpaired) electrons. The van der Waals surface area contributed by atoms with Crippen LogP contribution in [-0.4, -0.2) is 11.7 Å². The van der Waals surface area contributed by atoms with Crippen LogP contribution in [0.25, 0.3) is 0 Å². The van der Waals surface area contributed by atoms with Gasteiger partial charge in [0.15, 0.2) is 0 Å². The van der Waals surface area contributed by atoms with Crippen LogP contribution < -0.4 is 5.32 Å². The van der Waals surface area contributed by atoms with E-state index >= 15 is 0 Å². The van der Waals surface area contributed by atoms with Crippen molar-refractivity contribution in [2.45, 2.75) is 6.42 Å². The lowest BCUT2D eigenvalue weighted by Crippen LogP contribution is -2.17. The minimum absolute atomic E-state index is 0.181. The highest BCUT2D eigenvalue weighted by molar-refractivity contribution is 6.39. The summed E-state index contributed by atoms with van der Waals surface area (Å²) in [5, 5.41) is 2.45. The van der Waals surface area contributed by atoms with Crippen LogP contribution in [0.3, 0.4) is 0 Å². The zero-order valence-electron chi connectivity index (χ0n) is 6.54. The first-order valence-corrected chi connectivity index (χ1v) is 3.56. The SMILES string of the molecule is C=C/C=C\C=C1/CC(=O)C(=O)N1. The first-order chi connectivity index (χ1) is 5.74. The van der Waals surface area contributed by atoms with E-state index in [0.717, 1.165) is 0 Å². The molecular weight excluding hydrogens is 154 g/mol. The van der Waals surface area contributed by atoms with Gasteiger partial charge < -0.3 is 5.32 Å². The van der Waals surface area contributed by atoms with Crippen molar-refractivity contribution in [1.82, 2.24) is 5.32 Å². The third-order valence-corrected chi connectivity index (χ3v) is 1.42. The molecule has 0 aliphatic carbocycles. The Kier molecular flexibility index (Phi) is 2.58. The van der Waals surface area contributed by atoms with Gasteiger partial charge in [0.1, 0.15) is 0 Å². The fraction of sp³-hybridized carbons (Fsp3) is 0.111. The molecule has 0 atom stereocenters. The Bertz CT molecular complexity index is 269. The molecule has 3 nitrogen and oxygen atoms in total. The number of allylic oxidation sites excluding steroid dienone is 5. The lowest BCUT2D eigenvalue weighted by molar-refractivity contribution is -0.135. The number of nitrogens with one attached hydrogen (secondary N) is 1. The molecule has 0 aromatic heterocycles. The van der Waals surface area contributed by atoms with Gasteiger partial charge in [0.05, 0.1) is 6.42 Å². The minimum Gasteiger partial charge on any atom is -0.323 e. The molecule has 1 heterocycles. The van der Waals surface area contributed by atoms with Gasteiger partial charge in [0.25, 0.3) is 5.91 Å². The van der Waals surface area contributed by atoms with E-state index in [1.807, 2.05) is 0 Å². The maximum atomic E-state index is 10.7. The van der Waals surface area contributed by atoms with Crippen LogP contribution in [-0.2, 0) is 9.59 Å². The number of ketones is 1. The molecule has 1 rings (SSSR count). The molecule has 0 unspecified atom stereocenters. The number of hydrogen-bond acceptors (Lipinski definition) is 2. The fourth-order valence-corrected chi connectivity index (χ4v) is 0.864. The van der Waals surface area contributed by atoms with Gasteiger partial charge in [0, 0.05) is 5.70 Å². The molecule has 1 amide bonds. The molecule has 1 N–H and O–H groups in total. The summed E-state index contributed by atoms with van der Waals surface area (Å²) in [6, 6.07) is 0. The van der Waals surface area contributed by atoms with E-state index in [1.54, 1.807) is 24.3 Å². The van der Waals surface area contributed by atoms with Crippen molar-refractivity contribution >= 4 is 11.7 Å². The highest BCUT2D eigenvalue weighted by atomic mass is 16.2. The second kappa shape index (κ2) is 3.67. The van der Waals surface area contributed by atoms with Crippen molar-refractivity contribution < 1.29 is 9.59 Å². The number of hydrogen-bond donors (Lipinski definition) is 1. The predicted octanol–water partition coefficient (Wildman–Crippen LogP) is 0.701. The zero-order chi connectivity index (χ0) is 8.97. The van der Waals surface area contributed by atoms with Gasteiger partial charge in [-0.1, -0.05) is 24.8 Å². The molecule has 3 heteroatoms. The van der Waals surface area contributed by atoms with Crippen LogP contribution in [0.15, 0.2) is 36.6 Å². The van der Waals surface area contributed by atoms with Gasteiger partial charge >= 0.3 is 0 Å². The lowest BCUT2D eigenvalue weighted by atomic mass is 10.3. The number of amides is 1. The first kappa shape index (κ1) is 8.46. The number of carbonyl (C=O) groups is 2. The van der Waals surface area contributed by atoms with E-state index in [1.165, 1.54) is 0 Å². The van der Waals surface area contributed by atoms with Crippen molar-refractivity contribution in [3.05, 3.63) is 36.6 Å². The van der Waals surface area contributed by atoms with Gasteiger partial charge in [-0.3, -0.25) is 9.59 Å². The van der Waals surface area contributed by atoms with Crippen molar-refractivity contribution in [3.8, 4) is 0 Å². The van der Waals surface area contributed by atoms with Crippen molar-refractivity contribution in [3.63, 3.8) is 0 Å². The minimum atomic E-state index is -0.520. The van der Waals surface area contributed by atoms with Gasteiger partial charge in [-0.05, 0) is 6.08 Å². The highest BCUT2D eigenvalue weighted by Crippen LogP contribution is 2.06. The summed E-state index contributed by atoms with van der Waals surface area (Å²) in [5.41, 5.74) is 0.642. The lowest BCUT2D eigenvalue weighted by Gasteiger charge is -1.89. The van der Waals surface area contributed by atoms with E-state index in [-0.39, 0.29) is 12.2 Å². The summed E-state index contributed by atoms with van der Waals surface area (Å²) in [6.45, 7) is 3.48. The third-order valence-electron chi connectivity index (χ3n) is 1.42. The fourth-order valence-electron chi connectivity index (χ4n) is 0.864. The highest BCUT2D eigenvalue weighted by Gasteiger charge is 2.23. The normalized spacial score (nSPS) is 20.5. The molecule has 1 aliphatic heterocycles. The molecule has 1 saturated heterocycles. The molecular formula is C9H9NO2. The topological polar surface area (TPSA) is 46.2 Å². The number of Topliss-reactive ketones (excluding diaryl/α,β-unsaturated/α-hetero) is 1. The predicted molar refractivity (Wildman–Crippen MR) is 45.2 cm³/mol. The first-order valence-electron chi connectivity index (χ1n) is 3.56. The average Bonchev–Trinajstić information content (AvgIpc) is 2.32. The summed E-state index contributed by atoms with van der Waals surface area (Å²) in [7, 11) is 0. The summed E-state index contributed by atoms with van der Waals surface area (Å²) in [5.74, 6) is -0.901. The van der Waals surface area contributed by atoms with Crippen LogP contribution in [0.5, 0.6) is 0 Å². The molecule has 12 heavy (non-hydrogen) atoms. The van der Waals surface area contributed by atoms with Gasteiger partial charge in [-0.25, -0.2) is 0 Å². The van der Waals surface area contributed by atoms with E-state index in [9.17, 15) is 9.59 Å². The van der Waals surface area contributed by atoms with E-state index < -0.39 is 5.91 Å². The van der Waals surface area contributed by atoms with E-state index in [2.05, 4.69) is 11.9 Å². The van der Waals surface area contributed by atoms with E-state index in [4.69, 9.17) is 0 Å². The van der Waals surface area contributed by atoms with Crippen molar-refractivity contribution in [1.29, 1.82) is 0 Å². The zero-order valence-corrected chi connectivity index (χ0v) is 6.54. The van der Waals surface area contributed by atoms with Gasteiger partial charge in [0.2, 0.25) is 5.78 Å².